The fourth-order valence-corrected chi connectivity index (χ4v) is 3.95. The lowest BCUT2D eigenvalue weighted by Gasteiger charge is -2.35. The standard InChI is InChI=1S/C23H25FN6O2/c1-15(31)20-10-11-25-23(27-20)26-13-18-5-3-4-12-30(18)22(32)21-19(14-29(2)28-21)16-6-8-17(24)9-7-16/h6-11,14,18H,3-5,12-13H2,1-2H3,(H,25,26,27)/t18-/m0/s1. The molecule has 0 bridgehead atoms. The minimum Gasteiger partial charge on any atom is -0.352 e. The van der Waals surface area contributed by atoms with Crippen LogP contribution in [0, 0.1) is 5.82 Å². The maximum atomic E-state index is 13.5. The third-order valence-electron chi connectivity index (χ3n) is 5.59. The first-order valence-electron chi connectivity index (χ1n) is 10.6. The largest absolute Gasteiger partial charge is 0.352 e. The third kappa shape index (κ3) is 4.66. The fraction of sp³-hybridized carbons (Fsp3) is 0.348. The summed E-state index contributed by atoms with van der Waals surface area (Å²) in [6.07, 6.45) is 6.08. The smallest absolute Gasteiger partial charge is 0.275 e. The summed E-state index contributed by atoms with van der Waals surface area (Å²) < 4.78 is 15.0. The van der Waals surface area contributed by atoms with Crippen molar-refractivity contribution < 1.29 is 14.0 Å². The number of hydrogen-bond acceptors (Lipinski definition) is 6. The highest BCUT2D eigenvalue weighted by Gasteiger charge is 2.31. The van der Waals surface area contributed by atoms with Crippen LogP contribution in [0.1, 0.15) is 47.2 Å². The molecular weight excluding hydrogens is 411 g/mol. The third-order valence-corrected chi connectivity index (χ3v) is 5.59. The number of aryl methyl sites for hydroxylation is 1. The lowest BCUT2D eigenvalue weighted by atomic mass is 10.00. The number of piperidine rings is 1. The molecule has 1 fully saturated rings. The van der Waals surface area contributed by atoms with Gasteiger partial charge in [-0.15, -0.1) is 0 Å². The highest BCUT2D eigenvalue weighted by molar-refractivity contribution is 5.99. The summed E-state index contributed by atoms with van der Waals surface area (Å²) in [4.78, 5) is 35.3. The first-order valence-corrected chi connectivity index (χ1v) is 10.6. The van der Waals surface area contributed by atoms with Gasteiger partial charge in [0.15, 0.2) is 11.5 Å². The molecule has 0 saturated carbocycles. The highest BCUT2D eigenvalue weighted by atomic mass is 19.1. The molecule has 0 aliphatic carbocycles. The normalized spacial score (nSPS) is 16.1. The molecule has 2 aromatic heterocycles. The maximum Gasteiger partial charge on any atom is 0.275 e. The average molecular weight is 436 g/mol. The van der Waals surface area contributed by atoms with Crippen molar-refractivity contribution in [3.05, 3.63) is 59.9 Å². The van der Waals surface area contributed by atoms with Gasteiger partial charge < -0.3 is 10.2 Å². The van der Waals surface area contributed by atoms with Gasteiger partial charge >= 0.3 is 0 Å². The Morgan fingerprint density at radius 1 is 1.19 bits per heavy atom. The molecule has 0 spiro atoms. The zero-order valence-electron chi connectivity index (χ0n) is 18.1. The molecule has 0 radical (unpaired) electrons. The minimum atomic E-state index is -0.330. The molecule has 1 amide bonds. The van der Waals surface area contributed by atoms with Crippen LogP contribution in [0.25, 0.3) is 11.1 Å². The van der Waals surface area contributed by atoms with Crippen LogP contribution in [0.2, 0.25) is 0 Å². The molecule has 1 N–H and O–H groups in total. The first kappa shape index (κ1) is 21.6. The predicted molar refractivity (Wildman–Crippen MR) is 118 cm³/mol. The van der Waals surface area contributed by atoms with Gasteiger partial charge in [0.2, 0.25) is 5.95 Å². The number of amides is 1. The van der Waals surface area contributed by atoms with Crippen LogP contribution >= 0.6 is 0 Å². The number of carbonyl (C=O) groups is 2. The van der Waals surface area contributed by atoms with Crippen molar-refractivity contribution in [3.8, 4) is 11.1 Å². The monoisotopic (exact) mass is 436 g/mol. The van der Waals surface area contributed by atoms with Gasteiger partial charge in [-0.25, -0.2) is 14.4 Å². The molecule has 1 saturated heterocycles. The highest BCUT2D eigenvalue weighted by Crippen LogP contribution is 2.27. The van der Waals surface area contributed by atoms with Crippen LogP contribution in [0.15, 0.2) is 42.7 Å². The van der Waals surface area contributed by atoms with E-state index in [4.69, 9.17) is 0 Å². The van der Waals surface area contributed by atoms with Crippen molar-refractivity contribution in [1.82, 2.24) is 24.6 Å². The Morgan fingerprint density at radius 3 is 2.72 bits per heavy atom. The van der Waals surface area contributed by atoms with Crippen LogP contribution in [-0.4, -0.2) is 55.5 Å². The Morgan fingerprint density at radius 2 is 1.97 bits per heavy atom. The van der Waals surface area contributed by atoms with E-state index in [9.17, 15) is 14.0 Å². The van der Waals surface area contributed by atoms with E-state index in [0.717, 1.165) is 24.8 Å². The molecule has 166 valence electrons. The summed E-state index contributed by atoms with van der Waals surface area (Å²) in [5.41, 5.74) is 2.11. The lowest BCUT2D eigenvalue weighted by molar-refractivity contribution is 0.0622. The van der Waals surface area contributed by atoms with E-state index in [-0.39, 0.29) is 23.5 Å². The molecule has 1 atom stereocenters. The number of rotatable bonds is 6. The molecule has 1 aliphatic heterocycles. The van der Waals surface area contributed by atoms with Gasteiger partial charge in [-0.05, 0) is 43.0 Å². The van der Waals surface area contributed by atoms with Crippen LogP contribution in [-0.2, 0) is 7.05 Å². The number of benzene rings is 1. The molecule has 3 heterocycles. The molecule has 4 rings (SSSR count). The van der Waals surface area contributed by atoms with E-state index in [1.165, 1.54) is 19.1 Å². The molecule has 8 nitrogen and oxygen atoms in total. The van der Waals surface area contributed by atoms with Crippen molar-refractivity contribution in [2.45, 2.75) is 32.2 Å². The summed E-state index contributed by atoms with van der Waals surface area (Å²) in [7, 11) is 1.76. The van der Waals surface area contributed by atoms with E-state index in [0.29, 0.717) is 36.0 Å². The van der Waals surface area contributed by atoms with Crippen molar-refractivity contribution >= 4 is 17.6 Å². The molecule has 1 aromatic carbocycles. The number of hydrogen-bond donors (Lipinski definition) is 1. The number of nitrogens with one attached hydrogen (secondary N) is 1. The van der Waals surface area contributed by atoms with Gasteiger partial charge in [0, 0.05) is 51.1 Å². The van der Waals surface area contributed by atoms with Crippen molar-refractivity contribution in [3.63, 3.8) is 0 Å². The predicted octanol–water partition coefficient (Wildman–Crippen LogP) is 3.33. The fourth-order valence-electron chi connectivity index (χ4n) is 3.95. The number of Topliss-reactive ketones (excluding diaryl/α,β-unsaturated/α-hetero) is 1. The van der Waals surface area contributed by atoms with Gasteiger partial charge in [-0.3, -0.25) is 14.3 Å². The zero-order chi connectivity index (χ0) is 22.7. The summed E-state index contributed by atoms with van der Waals surface area (Å²) in [6, 6.07) is 7.56. The van der Waals surface area contributed by atoms with Gasteiger partial charge in [-0.2, -0.15) is 5.10 Å². The summed E-state index contributed by atoms with van der Waals surface area (Å²) >= 11 is 0. The number of aromatic nitrogens is 4. The first-order chi connectivity index (χ1) is 15.4. The van der Waals surface area contributed by atoms with Gasteiger partial charge in [0.05, 0.1) is 0 Å². The number of carbonyl (C=O) groups excluding carboxylic acids is 2. The molecular formula is C23H25FN6O2. The second-order valence-corrected chi connectivity index (χ2v) is 7.92. The summed E-state index contributed by atoms with van der Waals surface area (Å²) in [5.74, 6) is -0.257. The van der Waals surface area contributed by atoms with Gasteiger partial charge in [0.25, 0.3) is 5.91 Å². The quantitative estimate of drug-likeness (QED) is 0.596. The maximum absolute atomic E-state index is 13.5. The zero-order valence-corrected chi connectivity index (χ0v) is 18.1. The molecule has 9 heteroatoms. The Balaban J connectivity index is 1.54. The van der Waals surface area contributed by atoms with E-state index in [1.54, 1.807) is 42.3 Å². The molecule has 32 heavy (non-hydrogen) atoms. The SMILES string of the molecule is CC(=O)c1ccnc(NC[C@@H]2CCCCN2C(=O)c2nn(C)cc2-c2ccc(F)cc2)n1. The summed E-state index contributed by atoms with van der Waals surface area (Å²) in [5, 5.41) is 7.59. The van der Waals surface area contributed by atoms with Crippen LogP contribution < -0.4 is 5.32 Å². The van der Waals surface area contributed by atoms with Crippen molar-refractivity contribution in [1.29, 1.82) is 0 Å². The number of nitrogens with zero attached hydrogens (tertiary/aromatic N) is 5. The lowest BCUT2D eigenvalue weighted by Crippen LogP contribution is -2.47. The van der Waals surface area contributed by atoms with E-state index in [2.05, 4.69) is 20.4 Å². The minimum absolute atomic E-state index is 0.0658. The number of halogens is 1. The van der Waals surface area contributed by atoms with Gasteiger partial charge in [-0.1, -0.05) is 12.1 Å². The molecule has 3 aromatic rings. The average Bonchev–Trinajstić information content (AvgIpc) is 3.19. The Kier molecular flexibility index (Phi) is 6.25. The Hall–Kier alpha value is -3.62. The van der Waals surface area contributed by atoms with Gasteiger partial charge in [0.1, 0.15) is 11.5 Å². The van der Waals surface area contributed by atoms with Crippen LogP contribution in [0.4, 0.5) is 10.3 Å². The topological polar surface area (TPSA) is 93.0 Å². The van der Waals surface area contributed by atoms with Crippen molar-refractivity contribution in [2.75, 3.05) is 18.4 Å². The molecule has 0 unspecified atom stereocenters. The van der Waals surface area contributed by atoms with Crippen LogP contribution in [0.3, 0.4) is 0 Å². The van der Waals surface area contributed by atoms with E-state index < -0.39 is 0 Å². The van der Waals surface area contributed by atoms with E-state index >= 15 is 0 Å². The molecule has 1 aliphatic rings. The Bertz CT molecular complexity index is 1130. The summed E-state index contributed by atoms with van der Waals surface area (Å²) in [6.45, 7) is 2.55. The number of anilines is 1. The second-order valence-electron chi connectivity index (χ2n) is 7.92. The number of likely N-dealkylation sites (tertiary alicyclic amines) is 1. The van der Waals surface area contributed by atoms with Crippen molar-refractivity contribution in [2.24, 2.45) is 7.05 Å². The van der Waals surface area contributed by atoms with E-state index in [1.807, 2.05) is 4.90 Å². The number of ketones is 1. The Labute approximate surface area is 185 Å². The van der Waals surface area contributed by atoms with Crippen LogP contribution in [0.5, 0.6) is 0 Å². The second kappa shape index (κ2) is 9.25.